The maximum atomic E-state index is 4.39. The molecule has 2 rings (SSSR count). The van der Waals surface area contributed by atoms with E-state index in [-0.39, 0.29) is 0 Å². The Morgan fingerprint density at radius 3 is 2.53 bits per heavy atom. The minimum absolute atomic E-state index is 0.602. The molecule has 4 heteroatoms. The highest BCUT2D eigenvalue weighted by atomic mass is 15.1. The van der Waals surface area contributed by atoms with Crippen molar-refractivity contribution < 1.29 is 0 Å². The van der Waals surface area contributed by atoms with Gasteiger partial charge in [0.2, 0.25) is 0 Å². The monoisotopic (exact) mass is 234 g/mol. The van der Waals surface area contributed by atoms with Crippen LogP contribution in [0.1, 0.15) is 45.1 Å². The third-order valence-electron chi connectivity index (χ3n) is 3.34. The van der Waals surface area contributed by atoms with Crippen LogP contribution in [0.5, 0.6) is 0 Å². The van der Waals surface area contributed by atoms with E-state index in [0.717, 1.165) is 24.6 Å². The van der Waals surface area contributed by atoms with E-state index in [2.05, 4.69) is 34.4 Å². The first-order chi connectivity index (χ1) is 8.35. The third kappa shape index (κ3) is 2.87. The third-order valence-corrected chi connectivity index (χ3v) is 3.34. The first-order valence-electron chi connectivity index (χ1n) is 6.69. The van der Waals surface area contributed by atoms with Gasteiger partial charge in [-0.2, -0.15) is 0 Å². The number of hydrogen-bond acceptors (Lipinski definition) is 4. The smallest absolute Gasteiger partial charge is 0.134 e. The summed E-state index contributed by atoms with van der Waals surface area (Å²) >= 11 is 0. The molecular formula is C13H22N4. The van der Waals surface area contributed by atoms with Crippen molar-refractivity contribution in [2.45, 2.75) is 52.0 Å². The van der Waals surface area contributed by atoms with Crippen molar-refractivity contribution in [3.8, 4) is 0 Å². The van der Waals surface area contributed by atoms with Crippen LogP contribution in [0.3, 0.4) is 0 Å². The van der Waals surface area contributed by atoms with Crippen molar-refractivity contribution in [2.24, 2.45) is 0 Å². The highest BCUT2D eigenvalue weighted by molar-refractivity contribution is 5.57. The largest absolute Gasteiger partial charge is 0.370 e. The highest BCUT2D eigenvalue weighted by Gasteiger charge is 2.17. The Bertz CT molecular complexity index is 358. The van der Waals surface area contributed by atoms with Gasteiger partial charge in [0.05, 0.1) is 0 Å². The van der Waals surface area contributed by atoms with E-state index in [9.17, 15) is 0 Å². The van der Waals surface area contributed by atoms with Crippen LogP contribution in [0.4, 0.5) is 11.6 Å². The van der Waals surface area contributed by atoms with Crippen molar-refractivity contribution >= 4 is 11.6 Å². The summed E-state index contributed by atoms with van der Waals surface area (Å²) in [7, 11) is 0. The number of hydrogen-bond donors (Lipinski definition) is 2. The number of rotatable bonds is 5. The van der Waals surface area contributed by atoms with Crippen LogP contribution in [-0.4, -0.2) is 22.6 Å². The Hall–Kier alpha value is -1.32. The zero-order valence-electron chi connectivity index (χ0n) is 10.8. The summed E-state index contributed by atoms with van der Waals surface area (Å²) < 4.78 is 0. The van der Waals surface area contributed by atoms with Crippen molar-refractivity contribution in [1.29, 1.82) is 0 Å². The summed E-state index contributed by atoms with van der Waals surface area (Å²) in [4.78, 5) is 8.71. The maximum absolute atomic E-state index is 4.39. The average molecular weight is 234 g/mol. The first-order valence-corrected chi connectivity index (χ1v) is 6.69. The summed E-state index contributed by atoms with van der Waals surface area (Å²) in [6, 6.07) is 0.602. The van der Waals surface area contributed by atoms with Crippen LogP contribution < -0.4 is 10.6 Å². The minimum Gasteiger partial charge on any atom is -0.370 e. The van der Waals surface area contributed by atoms with Gasteiger partial charge in [-0.05, 0) is 26.2 Å². The van der Waals surface area contributed by atoms with Crippen LogP contribution in [0.2, 0.25) is 0 Å². The van der Waals surface area contributed by atoms with E-state index in [1.165, 1.54) is 31.2 Å². The molecule has 0 radical (unpaired) electrons. The van der Waals surface area contributed by atoms with Crippen molar-refractivity contribution in [3.05, 3.63) is 11.9 Å². The second-order valence-corrected chi connectivity index (χ2v) is 4.56. The van der Waals surface area contributed by atoms with Gasteiger partial charge in [0.15, 0.2) is 0 Å². The van der Waals surface area contributed by atoms with Crippen molar-refractivity contribution in [2.75, 3.05) is 17.2 Å². The molecule has 1 aliphatic rings. The fourth-order valence-electron chi connectivity index (χ4n) is 2.45. The topological polar surface area (TPSA) is 49.8 Å². The van der Waals surface area contributed by atoms with Crippen LogP contribution in [-0.2, 0) is 6.42 Å². The van der Waals surface area contributed by atoms with E-state index in [1.54, 1.807) is 6.33 Å². The zero-order chi connectivity index (χ0) is 12.1. The Balaban J connectivity index is 2.16. The lowest BCUT2D eigenvalue weighted by Crippen LogP contribution is -2.18. The van der Waals surface area contributed by atoms with Gasteiger partial charge in [0.1, 0.15) is 18.0 Å². The molecule has 2 N–H and O–H groups in total. The van der Waals surface area contributed by atoms with Crippen molar-refractivity contribution in [1.82, 2.24) is 9.97 Å². The molecule has 0 unspecified atom stereocenters. The molecule has 0 aromatic carbocycles. The van der Waals surface area contributed by atoms with Gasteiger partial charge in [-0.15, -0.1) is 0 Å². The second-order valence-electron chi connectivity index (χ2n) is 4.56. The van der Waals surface area contributed by atoms with Gasteiger partial charge in [0, 0.05) is 18.2 Å². The van der Waals surface area contributed by atoms with Gasteiger partial charge in [0.25, 0.3) is 0 Å². The normalized spacial score (nSPS) is 16.1. The van der Waals surface area contributed by atoms with Gasteiger partial charge < -0.3 is 10.6 Å². The molecular weight excluding hydrogens is 212 g/mol. The van der Waals surface area contributed by atoms with Crippen LogP contribution in [0, 0.1) is 0 Å². The lowest BCUT2D eigenvalue weighted by molar-refractivity contribution is 0.747. The highest BCUT2D eigenvalue weighted by Crippen LogP contribution is 2.25. The standard InChI is InChI=1S/C13H22N4/c1-3-11-12(14-4-2)15-9-16-13(11)17-10-7-5-6-8-10/h9-10H,3-8H2,1-2H3,(H2,14,15,16,17). The molecule has 1 heterocycles. The fourth-order valence-corrected chi connectivity index (χ4v) is 2.45. The first kappa shape index (κ1) is 12.1. The van der Waals surface area contributed by atoms with Crippen LogP contribution >= 0.6 is 0 Å². The Labute approximate surface area is 103 Å². The van der Waals surface area contributed by atoms with Gasteiger partial charge in [-0.3, -0.25) is 0 Å². The van der Waals surface area contributed by atoms with E-state index in [1.807, 2.05) is 0 Å². The Kier molecular flexibility index (Phi) is 4.18. The molecule has 0 spiro atoms. The summed E-state index contributed by atoms with van der Waals surface area (Å²) in [5.74, 6) is 2.00. The van der Waals surface area contributed by atoms with E-state index in [4.69, 9.17) is 0 Å². The number of nitrogens with one attached hydrogen (secondary N) is 2. The molecule has 94 valence electrons. The molecule has 4 nitrogen and oxygen atoms in total. The predicted molar refractivity (Wildman–Crippen MR) is 71.5 cm³/mol. The molecule has 1 fully saturated rings. The molecule has 17 heavy (non-hydrogen) atoms. The summed E-state index contributed by atoms with van der Waals surface area (Å²) in [6.45, 7) is 5.14. The summed E-state index contributed by atoms with van der Waals surface area (Å²) in [5, 5.41) is 6.87. The minimum atomic E-state index is 0.602. The summed E-state index contributed by atoms with van der Waals surface area (Å²) in [6.07, 6.45) is 7.81. The van der Waals surface area contributed by atoms with E-state index in [0.29, 0.717) is 6.04 Å². The quantitative estimate of drug-likeness (QED) is 0.822. The van der Waals surface area contributed by atoms with Gasteiger partial charge in [-0.25, -0.2) is 9.97 Å². The zero-order valence-corrected chi connectivity index (χ0v) is 10.8. The Morgan fingerprint density at radius 1 is 1.18 bits per heavy atom. The lowest BCUT2D eigenvalue weighted by atomic mass is 10.2. The number of anilines is 2. The second kappa shape index (κ2) is 5.84. The van der Waals surface area contributed by atoms with Crippen LogP contribution in [0.15, 0.2) is 6.33 Å². The average Bonchev–Trinajstić information content (AvgIpc) is 2.83. The molecule has 1 aromatic rings. The van der Waals surface area contributed by atoms with E-state index < -0.39 is 0 Å². The molecule has 0 saturated heterocycles. The van der Waals surface area contributed by atoms with Crippen molar-refractivity contribution in [3.63, 3.8) is 0 Å². The maximum Gasteiger partial charge on any atom is 0.134 e. The van der Waals surface area contributed by atoms with Gasteiger partial charge >= 0.3 is 0 Å². The lowest BCUT2D eigenvalue weighted by Gasteiger charge is -2.17. The molecule has 1 aromatic heterocycles. The number of aromatic nitrogens is 2. The summed E-state index contributed by atoms with van der Waals surface area (Å²) in [5.41, 5.74) is 1.21. The Morgan fingerprint density at radius 2 is 1.88 bits per heavy atom. The predicted octanol–water partition coefficient (Wildman–Crippen LogP) is 2.83. The molecule has 1 aliphatic carbocycles. The molecule has 0 atom stereocenters. The van der Waals surface area contributed by atoms with Crippen LogP contribution in [0.25, 0.3) is 0 Å². The van der Waals surface area contributed by atoms with Gasteiger partial charge in [-0.1, -0.05) is 19.8 Å². The molecule has 0 amide bonds. The molecule has 0 aliphatic heterocycles. The molecule has 1 saturated carbocycles. The molecule has 0 bridgehead atoms. The van der Waals surface area contributed by atoms with E-state index >= 15 is 0 Å². The SMILES string of the molecule is CCNc1ncnc(NC2CCCC2)c1CC. The fraction of sp³-hybridized carbons (Fsp3) is 0.692. The number of nitrogens with zero attached hydrogens (tertiary/aromatic N) is 2.